The molecule has 6 nitrogen and oxygen atoms in total. The summed E-state index contributed by atoms with van der Waals surface area (Å²) in [5.74, 6) is -0.160. The van der Waals surface area contributed by atoms with E-state index in [0.717, 1.165) is 16.7 Å². The molecule has 1 aliphatic heterocycles. The first-order valence-electron chi connectivity index (χ1n) is 9.33. The molecule has 1 amide bonds. The standard InChI is InChI=1S/C21H24N4O2/c1-15(19(22)16-7-3-2-4-8-16)20(26)24-11-13-25(14-12-24)21-23-17-9-5-6-10-18(17)27-21/h2-10,15,19H,11-14,22H2,1H3. The van der Waals surface area contributed by atoms with Crippen LogP contribution in [0.4, 0.5) is 6.01 Å². The summed E-state index contributed by atoms with van der Waals surface area (Å²) in [4.78, 5) is 21.4. The molecule has 0 radical (unpaired) electrons. The number of piperazine rings is 1. The van der Waals surface area contributed by atoms with Gasteiger partial charge in [0.05, 0.1) is 5.92 Å². The first-order chi connectivity index (χ1) is 13.1. The van der Waals surface area contributed by atoms with Gasteiger partial charge in [-0.2, -0.15) is 4.98 Å². The zero-order valence-electron chi connectivity index (χ0n) is 15.4. The van der Waals surface area contributed by atoms with E-state index in [9.17, 15) is 4.79 Å². The molecule has 2 aromatic carbocycles. The highest BCUT2D eigenvalue weighted by molar-refractivity contribution is 5.80. The quantitative estimate of drug-likeness (QED) is 0.770. The Balaban J connectivity index is 1.39. The van der Waals surface area contributed by atoms with Gasteiger partial charge in [-0.1, -0.05) is 49.4 Å². The summed E-state index contributed by atoms with van der Waals surface area (Å²) in [6, 6.07) is 17.9. The summed E-state index contributed by atoms with van der Waals surface area (Å²) in [7, 11) is 0. The fraction of sp³-hybridized carbons (Fsp3) is 0.333. The van der Waals surface area contributed by atoms with E-state index in [4.69, 9.17) is 10.2 Å². The average Bonchev–Trinajstić information content (AvgIpc) is 3.17. The second-order valence-electron chi connectivity index (χ2n) is 7.00. The van der Waals surface area contributed by atoms with Crippen LogP contribution in [0.3, 0.4) is 0 Å². The number of nitrogens with zero attached hydrogens (tertiary/aromatic N) is 3. The topological polar surface area (TPSA) is 75.6 Å². The third-order valence-electron chi connectivity index (χ3n) is 5.26. The number of anilines is 1. The van der Waals surface area contributed by atoms with E-state index < -0.39 is 0 Å². The van der Waals surface area contributed by atoms with Crippen molar-refractivity contribution >= 4 is 23.0 Å². The summed E-state index contributed by atoms with van der Waals surface area (Å²) >= 11 is 0. The highest BCUT2D eigenvalue weighted by atomic mass is 16.4. The molecule has 140 valence electrons. The Hall–Kier alpha value is -2.86. The van der Waals surface area contributed by atoms with Crippen molar-refractivity contribution in [3.63, 3.8) is 0 Å². The van der Waals surface area contributed by atoms with Gasteiger partial charge in [0.15, 0.2) is 5.58 Å². The van der Waals surface area contributed by atoms with Crippen LogP contribution in [0.15, 0.2) is 59.0 Å². The van der Waals surface area contributed by atoms with E-state index in [-0.39, 0.29) is 17.9 Å². The number of para-hydroxylation sites is 2. The van der Waals surface area contributed by atoms with Crippen molar-refractivity contribution in [2.45, 2.75) is 13.0 Å². The maximum absolute atomic E-state index is 12.9. The lowest BCUT2D eigenvalue weighted by Crippen LogP contribution is -2.51. The van der Waals surface area contributed by atoms with Gasteiger partial charge in [0.2, 0.25) is 5.91 Å². The zero-order valence-corrected chi connectivity index (χ0v) is 15.4. The molecule has 2 atom stereocenters. The number of aromatic nitrogens is 1. The minimum atomic E-state index is -0.297. The Labute approximate surface area is 158 Å². The van der Waals surface area contributed by atoms with E-state index in [2.05, 4.69) is 9.88 Å². The summed E-state index contributed by atoms with van der Waals surface area (Å²) in [5, 5.41) is 0. The lowest BCUT2D eigenvalue weighted by molar-refractivity contribution is -0.136. The number of oxazole rings is 1. The monoisotopic (exact) mass is 364 g/mol. The molecule has 2 unspecified atom stereocenters. The largest absolute Gasteiger partial charge is 0.423 e. The van der Waals surface area contributed by atoms with Gasteiger partial charge in [0.1, 0.15) is 5.52 Å². The van der Waals surface area contributed by atoms with Gasteiger partial charge in [-0.15, -0.1) is 0 Å². The number of hydrogen-bond donors (Lipinski definition) is 1. The van der Waals surface area contributed by atoms with Crippen molar-refractivity contribution in [1.29, 1.82) is 0 Å². The molecule has 1 fully saturated rings. The molecule has 2 heterocycles. The van der Waals surface area contributed by atoms with Crippen molar-refractivity contribution in [1.82, 2.24) is 9.88 Å². The summed E-state index contributed by atoms with van der Waals surface area (Å²) in [6.45, 7) is 4.59. The second kappa shape index (κ2) is 7.40. The fourth-order valence-corrected chi connectivity index (χ4v) is 3.52. The number of amides is 1. The van der Waals surface area contributed by atoms with Crippen LogP contribution in [0.25, 0.3) is 11.1 Å². The van der Waals surface area contributed by atoms with Gasteiger partial charge in [-0.25, -0.2) is 0 Å². The first-order valence-corrected chi connectivity index (χ1v) is 9.33. The molecule has 0 aliphatic carbocycles. The van der Waals surface area contributed by atoms with E-state index in [1.54, 1.807) is 0 Å². The molecular weight excluding hydrogens is 340 g/mol. The number of benzene rings is 2. The van der Waals surface area contributed by atoms with Crippen LogP contribution in [0, 0.1) is 5.92 Å². The van der Waals surface area contributed by atoms with Gasteiger partial charge in [0.25, 0.3) is 6.01 Å². The van der Waals surface area contributed by atoms with Crippen LogP contribution >= 0.6 is 0 Å². The average molecular weight is 364 g/mol. The molecule has 1 aromatic heterocycles. The highest BCUT2D eigenvalue weighted by Gasteiger charge is 2.30. The predicted molar refractivity (Wildman–Crippen MR) is 105 cm³/mol. The van der Waals surface area contributed by atoms with Crippen molar-refractivity contribution in [3.8, 4) is 0 Å². The summed E-state index contributed by atoms with van der Waals surface area (Å²) in [5.41, 5.74) is 8.95. The number of nitrogens with two attached hydrogens (primary N) is 1. The predicted octanol–water partition coefficient (Wildman–Crippen LogP) is 2.81. The van der Waals surface area contributed by atoms with Gasteiger partial charge in [-0.3, -0.25) is 4.79 Å². The Morgan fingerprint density at radius 1 is 1.04 bits per heavy atom. The van der Waals surface area contributed by atoms with Crippen molar-refractivity contribution in [2.24, 2.45) is 11.7 Å². The Kier molecular flexibility index (Phi) is 4.81. The molecule has 0 spiro atoms. The van der Waals surface area contributed by atoms with Crippen molar-refractivity contribution < 1.29 is 9.21 Å². The minimum absolute atomic E-state index is 0.101. The number of carbonyl (C=O) groups is 1. The SMILES string of the molecule is CC(C(=O)N1CCN(c2nc3ccccc3o2)CC1)C(N)c1ccccc1. The maximum Gasteiger partial charge on any atom is 0.298 e. The highest BCUT2D eigenvalue weighted by Crippen LogP contribution is 2.24. The van der Waals surface area contributed by atoms with E-state index >= 15 is 0 Å². The number of rotatable bonds is 4. The zero-order chi connectivity index (χ0) is 18.8. The lowest BCUT2D eigenvalue weighted by atomic mass is 9.94. The Morgan fingerprint density at radius 3 is 2.41 bits per heavy atom. The van der Waals surface area contributed by atoms with E-state index in [0.29, 0.717) is 32.2 Å². The Bertz CT molecular complexity index is 883. The van der Waals surface area contributed by atoms with E-state index in [1.165, 1.54) is 0 Å². The Morgan fingerprint density at radius 2 is 1.70 bits per heavy atom. The van der Waals surface area contributed by atoms with E-state index in [1.807, 2.05) is 66.4 Å². The molecule has 0 saturated carbocycles. The van der Waals surface area contributed by atoms with Crippen molar-refractivity contribution in [3.05, 3.63) is 60.2 Å². The molecule has 1 aliphatic rings. The fourth-order valence-electron chi connectivity index (χ4n) is 3.52. The molecule has 27 heavy (non-hydrogen) atoms. The number of hydrogen-bond acceptors (Lipinski definition) is 5. The van der Waals surface area contributed by atoms with Crippen LogP contribution in [-0.4, -0.2) is 42.0 Å². The molecular formula is C21H24N4O2. The third kappa shape index (κ3) is 3.53. The van der Waals surface area contributed by atoms with Crippen LogP contribution in [0.2, 0.25) is 0 Å². The summed E-state index contributed by atoms with van der Waals surface area (Å²) in [6.07, 6.45) is 0. The maximum atomic E-state index is 12.9. The van der Waals surface area contributed by atoms with Crippen LogP contribution in [0.1, 0.15) is 18.5 Å². The first kappa shape index (κ1) is 17.5. The molecule has 4 rings (SSSR count). The van der Waals surface area contributed by atoms with Gasteiger partial charge in [-0.05, 0) is 17.7 Å². The third-order valence-corrected chi connectivity index (χ3v) is 5.26. The molecule has 1 saturated heterocycles. The minimum Gasteiger partial charge on any atom is -0.423 e. The number of fused-ring (bicyclic) bond motifs is 1. The van der Waals surface area contributed by atoms with Crippen molar-refractivity contribution in [2.75, 3.05) is 31.1 Å². The van der Waals surface area contributed by atoms with Gasteiger partial charge in [0, 0.05) is 32.2 Å². The van der Waals surface area contributed by atoms with Crippen LogP contribution in [0.5, 0.6) is 0 Å². The number of carbonyl (C=O) groups excluding carboxylic acids is 1. The normalized spacial score (nSPS) is 17.1. The van der Waals surface area contributed by atoms with Gasteiger partial charge < -0.3 is 20.0 Å². The molecule has 6 heteroatoms. The van der Waals surface area contributed by atoms with Crippen LogP contribution < -0.4 is 10.6 Å². The molecule has 3 aromatic rings. The van der Waals surface area contributed by atoms with Crippen LogP contribution in [-0.2, 0) is 4.79 Å². The smallest absolute Gasteiger partial charge is 0.298 e. The summed E-state index contributed by atoms with van der Waals surface area (Å²) < 4.78 is 5.84. The second-order valence-corrected chi connectivity index (χ2v) is 7.00. The van der Waals surface area contributed by atoms with Gasteiger partial charge >= 0.3 is 0 Å². The molecule has 2 N–H and O–H groups in total. The molecule has 0 bridgehead atoms. The lowest BCUT2D eigenvalue weighted by Gasteiger charge is -2.36.